The zero-order chi connectivity index (χ0) is 18.7. The van der Waals surface area contributed by atoms with Crippen LogP contribution in [0.5, 0.6) is 0 Å². The lowest BCUT2D eigenvalue weighted by Crippen LogP contribution is -1.91. The molecule has 28 heavy (non-hydrogen) atoms. The summed E-state index contributed by atoms with van der Waals surface area (Å²) in [5.41, 5.74) is 4.19. The molecular formula is C24H13ClN2O. The molecule has 4 heteroatoms. The molecule has 0 saturated heterocycles. The van der Waals surface area contributed by atoms with E-state index in [1.165, 1.54) is 5.39 Å². The van der Waals surface area contributed by atoms with E-state index in [0.717, 1.165) is 49.5 Å². The lowest BCUT2D eigenvalue weighted by molar-refractivity contribution is 0.670. The molecule has 4 aromatic carbocycles. The number of halogens is 1. The number of nitrogens with zero attached hydrogens (tertiary/aromatic N) is 2. The van der Waals surface area contributed by atoms with Gasteiger partial charge in [0.25, 0.3) is 0 Å². The minimum absolute atomic E-state index is 0.229. The van der Waals surface area contributed by atoms with Crippen LogP contribution in [0.25, 0.3) is 54.9 Å². The van der Waals surface area contributed by atoms with Gasteiger partial charge in [0.1, 0.15) is 11.2 Å². The maximum absolute atomic E-state index is 6.33. The quantitative estimate of drug-likeness (QED) is 0.288. The third-order valence-corrected chi connectivity index (χ3v) is 5.37. The van der Waals surface area contributed by atoms with Crippen LogP contribution in [0.2, 0.25) is 5.28 Å². The Labute approximate surface area is 165 Å². The van der Waals surface area contributed by atoms with Gasteiger partial charge in [0.2, 0.25) is 5.28 Å². The van der Waals surface area contributed by atoms with Crippen LogP contribution >= 0.6 is 11.6 Å². The first-order valence-corrected chi connectivity index (χ1v) is 9.42. The summed E-state index contributed by atoms with van der Waals surface area (Å²) in [5.74, 6) is 0. The van der Waals surface area contributed by atoms with Gasteiger partial charge >= 0.3 is 0 Å². The Morgan fingerprint density at radius 2 is 1.43 bits per heavy atom. The van der Waals surface area contributed by atoms with Crippen molar-refractivity contribution < 1.29 is 4.42 Å². The normalized spacial score (nSPS) is 11.8. The van der Waals surface area contributed by atoms with Crippen molar-refractivity contribution in [3.05, 3.63) is 84.1 Å². The third-order valence-electron chi connectivity index (χ3n) is 5.20. The highest BCUT2D eigenvalue weighted by Crippen LogP contribution is 2.38. The Hall–Kier alpha value is -3.43. The van der Waals surface area contributed by atoms with E-state index < -0.39 is 0 Å². The monoisotopic (exact) mass is 380 g/mol. The Bertz CT molecular complexity index is 1530. The van der Waals surface area contributed by atoms with Crippen LogP contribution < -0.4 is 0 Å². The van der Waals surface area contributed by atoms with Gasteiger partial charge in [-0.25, -0.2) is 9.97 Å². The molecule has 2 heterocycles. The molecule has 2 aromatic heterocycles. The van der Waals surface area contributed by atoms with Gasteiger partial charge in [0, 0.05) is 21.7 Å². The van der Waals surface area contributed by atoms with Gasteiger partial charge in [-0.15, -0.1) is 0 Å². The average Bonchev–Trinajstić information content (AvgIpc) is 3.09. The standard InChI is InChI=1S/C24H13ClN2O/c25-24-26-20-11-4-3-8-17(20)22(27-24)18-10-5-9-16-19-12-14-6-1-2-7-15(14)13-21(19)28-23(16)18/h1-13H. The first-order valence-electron chi connectivity index (χ1n) is 9.05. The Morgan fingerprint density at radius 1 is 0.679 bits per heavy atom. The molecule has 0 fully saturated rings. The summed E-state index contributed by atoms with van der Waals surface area (Å²) >= 11 is 6.22. The van der Waals surface area contributed by atoms with Gasteiger partial charge in [-0.1, -0.05) is 54.6 Å². The van der Waals surface area contributed by atoms with Gasteiger partial charge in [-0.3, -0.25) is 0 Å². The molecule has 0 aliphatic heterocycles. The number of furan rings is 1. The summed E-state index contributed by atoms with van der Waals surface area (Å²) in [4.78, 5) is 8.89. The number of aromatic nitrogens is 2. The summed E-state index contributed by atoms with van der Waals surface area (Å²) in [5, 5.41) is 5.69. The molecule has 0 saturated carbocycles. The minimum Gasteiger partial charge on any atom is -0.455 e. The lowest BCUT2D eigenvalue weighted by atomic mass is 10.0. The predicted octanol–water partition coefficient (Wildman–Crippen LogP) is 7.00. The molecule has 6 aromatic rings. The van der Waals surface area contributed by atoms with Crippen molar-refractivity contribution in [1.82, 2.24) is 9.97 Å². The molecule has 0 aliphatic rings. The van der Waals surface area contributed by atoms with Crippen LogP contribution in [0.4, 0.5) is 0 Å². The van der Waals surface area contributed by atoms with E-state index in [1.807, 2.05) is 42.5 Å². The van der Waals surface area contributed by atoms with Crippen LogP contribution in [-0.4, -0.2) is 9.97 Å². The van der Waals surface area contributed by atoms with Crippen molar-refractivity contribution in [2.75, 3.05) is 0 Å². The first-order chi connectivity index (χ1) is 13.8. The van der Waals surface area contributed by atoms with E-state index in [0.29, 0.717) is 0 Å². The zero-order valence-corrected chi connectivity index (χ0v) is 15.4. The second-order valence-electron chi connectivity index (χ2n) is 6.84. The average molecular weight is 381 g/mol. The zero-order valence-electron chi connectivity index (χ0n) is 14.7. The maximum atomic E-state index is 6.33. The van der Waals surface area contributed by atoms with Crippen LogP contribution in [0.3, 0.4) is 0 Å². The van der Waals surface area contributed by atoms with Crippen molar-refractivity contribution in [3.63, 3.8) is 0 Å². The van der Waals surface area contributed by atoms with E-state index in [-0.39, 0.29) is 5.28 Å². The van der Waals surface area contributed by atoms with E-state index >= 15 is 0 Å². The molecule has 6 rings (SSSR count). The second kappa shape index (κ2) is 5.78. The fourth-order valence-electron chi connectivity index (χ4n) is 3.92. The van der Waals surface area contributed by atoms with Crippen LogP contribution in [0.1, 0.15) is 0 Å². The second-order valence-corrected chi connectivity index (χ2v) is 7.18. The molecule has 132 valence electrons. The van der Waals surface area contributed by atoms with Crippen molar-refractivity contribution in [3.8, 4) is 11.3 Å². The molecule has 0 aliphatic carbocycles. The first kappa shape index (κ1) is 15.6. The fraction of sp³-hybridized carbons (Fsp3) is 0. The Balaban J connectivity index is 1.74. The molecular weight excluding hydrogens is 368 g/mol. The fourth-order valence-corrected chi connectivity index (χ4v) is 4.10. The molecule has 0 N–H and O–H groups in total. The number of benzene rings is 4. The largest absolute Gasteiger partial charge is 0.455 e. The molecule has 0 radical (unpaired) electrons. The van der Waals surface area contributed by atoms with Crippen LogP contribution in [0, 0.1) is 0 Å². The van der Waals surface area contributed by atoms with Crippen molar-refractivity contribution in [2.24, 2.45) is 0 Å². The summed E-state index contributed by atoms with van der Waals surface area (Å²) in [6.07, 6.45) is 0. The van der Waals surface area contributed by atoms with Crippen LogP contribution in [-0.2, 0) is 0 Å². The molecule has 0 bridgehead atoms. The highest BCUT2D eigenvalue weighted by Gasteiger charge is 2.16. The van der Waals surface area contributed by atoms with E-state index in [9.17, 15) is 0 Å². The van der Waals surface area contributed by atoms with Gasteiger partial charge in [-0.05, 0) is 46.6 Å². The number of fused-ring (bicyclic) bond motifs is 5. The van der Waals surface area contributed by atoms with Crippen LogP contribution in [0.15, 0.2) is 83.3 Å². The van der Waals surface area contributed by atoms with E-state index in [4.69, 9.17) is 16.0 Å². The highest BCUT2D eigenvalue weighted by molar-refractivity contribution is 6.29. The van der Waals surface area contributed by atoms with Crippen molar-refractivity contribution in [1.29, 1.82) is 0 Å². The number of rotatable bonds is 1. The molecule has 0 atom stereocenters. The topological polar surface area (TPSA) is 38.9 Å². The smallest absolute Gasteiger partial charge is 0.223 e. The number of para-hydroxylation sites is 2. The number of hydrogen-bond donors (Lipinski definition) is 0. The summed E-state index contributed by atoms with van der Waals surface area (Å²) in [7, 11) is 0. The summed E-state index contributed by atoms with van der Waals surface area (Å²) in [6.45, 7) is 0. The molecule has 0 unspecified atom stereocenters. The number of hydrogen-bond acceptors (Lipinski definition) is 3. The summed E-state index contributed by atoms with van der Waals surface area (Å²) in [6, 6.07) is 26.6. The minimum atomic E-state index is 0.229. The Morgan fingerprint density at radius 3 is 2.32 bits per heavy atom. The van der Waals surface area contributed by atoms with E-state index in [1.54, 1.807) is 0 Å². The van der Waals surface area contributed by atoms with Gasteiger partial charge < -0.3 is 4.42 Å². The Kier molecular flexibility index (Phi) is 3.22. The van der Waals surface area contributed by atoms with Gasteiger partial charge in [0.05, 0.1) is 11.2 Å². The lowest BCUT2D eigenvalue weighted by Gasteiger charge is -2.06. The highest BCUT2D eigenvalue weighted by atomic mass is 35.5. The SMILES string of the molecule is Clc1nc(-c2cccc3c2oc2cc4ccccc4cc23)c2ccccc2n1. The third kappa shape index (κ3) is 2.23. The predicted molar refractivity (Wildman–Crippen MR) is 115 cm³/mol. The summed E-state index contributed by atoms with van der Waals surface area (Å²) < 4.78 is 6.33. The molecule has 0 amide bonds. The molecule has 3 nitrogen and oxygen atoms in total. The van der Waals surface area contributed by atoms with Crippen molar-refractivity contribution >= 4 is 55.2 Å². The van der Waals surface area contributed by atoms with E-state index in [2.05, 4.69) is 46.4 Å². The van der Waals surface area contributed by atoms with Gasteiger partial charge in [-0.2, -0.15) is 0 Å². The maximum Gasteiger partial charge on any atom is 0.223 e. The molecule has 0 spiro atoms. The van der Waals surface area contributed by atoms with Crippen molar-refractivity contribution in [2.45, 2.75) is 0 Å². The van der Waals surface area contributed by atoms with Gasteiger partial charge in [0.15, 0.2) is 0 Å².